The first-order valence-electron chi connectivity index (χ1n) is 5.87. The molecule has 3 aromatic rings. The van der Waals surface area contributed by atoms with Crippen molar-refractivity contribution in [3.8, 4) is 5.75 Å². The third-order valence-corrected chi connectivity index (χ3v) is 2.81. The minimum absolute atomic E-state index is 0.549. The quantitative estimate of drug-likeness (QED) is 0.551. The van der Waals surface area contributed by atoms with Gasteiger partial charge >= 0.3 is 0 Å². The molecule has 4 heteroatoms. The standard InChI is InChI=1S/C14H13N3O/c1-2-18-12-8-7-11-14(13(12)15)17-10-6-4-3-5-9(10)16-11/h3-8H,2,15H2,1H3. The molecule has 0 saturated carbocycles. The molecule has 3 rings (SSSR count). The van der Waals surface area contributed by atoms with Gasteiger partial charge in [-0.1, -0.05) is 12.1 Å². The Kier molecular flexibility index (Phi) is 2.48. The zero-order chi connectivity index (χ0) is 12.5. The highest BCUT2D eigenvalue weighted by atomic mass is 16.5. The van der Waals surface area contributed by atoms with Crippen LogP contribution in [0.15, 0.2) is 36.4 Å². The first kappa shape index (κ1) is 10.8. The molecule has 4 nitrogen and oxygen atoms in total. The summed E-state index contributed by atoms with van der Waals surface area (Å²) in [5.74, 6) is 0.662. The molecule has 0 amide bonds. The van der Waals surface area contributed by atoms with Crippen LogP contribution in [0.3, 0.4) is 0 Å². The van der Waals surface area contributed by atoms with E-state index in [2.05, 4.69) is 9.97 Å². The van der Waals surface area contributed by atoms with Crippen LogP contribution in [0.5, 0.6) is 5.75 Å². The predicted molar refractivity (Wildman–Crippen MR) is 72.6 cm³/mol. The highest BCUT2D eigenvalue weighted by Gasteiger charge is 2.08. The minimum atomic E-state index is 0.549. The van der Waals surface area contributed by atoms with E-state index in [1.165, 1.54) is 0 Å². The van der Waals surface area contributed by atoms with Gasteiger partial charge in [-0.3, -0.25) is 0 Å². The van der Waals surface area contributed by atoms with Gasteiger partial charge < -0.3 is 10.5 Å². The molecule has 1 aromatic heterocycles. The first-order valence-corrected chi connectivity index (χ1v) is 5.87. The van der Waals surface area contributed by atoms with Gasteiger partial charge in [0.25, 0.3) is 0 Å². The lowest BCUT2D eigenvalue weighted by atomic mass is 10.2. The van der Waals surface area contributed by atoms with Crippen LogP contribution in [0.1, 0.15) is 6.92 Å². The van der Waals surface area contributed by atoms with Crippen molar-refractivity contribution in [2.24, 2.45) is 0 Å². The van der Waals surface area contributed by atoms with E-state index in [1.807, 2.05) is 43.3 Å². The Morgan fingerprint density at radius 3 is 2.44 bits per heavy atom. The average molecular weight is 239 g/mol. The van der Waals surface area contributed by atoms with Gasteiger partial charge in [0.1, 0.15) is 17.0 Å². The second-order valence-corrected chi connectivity index (χ2v) is 3.99. The van der Waals surface area contributed by atoms with E-state index < -0.39 is 0 Å². The number of fused-ring (bicyclic) bond motifs is 2. The number of hydrogen-bond donors (Lipinski definition) is 1. The zero-order valence-electron chi connectivity index (χ0n) is 10.1. The molecule has 0 saturated heterocycles. The summed E-state index contributed by atoms with van der Waals surface area (Å²) in [6.07, 6.45) is 0. The van der Waals surface area contributed by atoms with E-state index >= 15 is 0 Å². The van der Waals surface area contributed by atoms with Crippen LogP contribution >= 0.6 is 0 Å². The van der Waals surface area contributed by atoms with E-state index in [0.29, 0.717) is 23.6 Å². The number of aromatic nitrogens is 2. The van der Waals surface area contributed by atoms with E-state index in [0.717, 1.165) is 16.6 Å². The summed E-state index contributed by atoms with van der Waals surface area (Å²) in [5.41, 5.74) is 9.81. The summed E-state index contributed by atoms with van der Waals surface area (Å²) < 4.78 is 5.46. The van der Waals surface area contributed by atoms with Crippen LogP contribution < -0.4 is 10.5 Å². The summed E-state index contributed by atoms with van der Waals surface area (Å²) >= 11 is 0. The second kappa shape index (κ2) is 4.14. The first-order chi connectivity index (χ1) is 8.79. The van der Waals surface area contributed by atoms with E-state index in [-0.39, 0.29) is 0 Å². The monoisotopic (exact) mass is 239 g/mol. The predicted octanol–water partition coefficient (Wildman–Crippen LogP) is 2.76. The van der Waals surface area contributed by atoms with Crippen molar-refractivity contribution in [1.29, 1.82) is 0 Å². The summed E-state index contributed by atoms with van der Waals surface area (Å²) in [5, 5.41) is 0. The van der Waals surface area contributed by atoms with Crippen LogP contribution in [0.25, 0.3) is 22.1 Å². The minimum Gasteiger partial charge on any atom is -0.492 e. The van der Waals surface area contributed by atoms with Crippen molar-refractivity contribution in [2.75, 3.05) is 12.3 Å². The summed E-state index contributed by atoms with van der Waals surface area (Å²) in [4.78, 5) is 9.09. The Bertz CT molecular complexity index is 725. The number of para-hydroxylation sites is 2. The molecule has 1 heterocycles. The highest BCUT2D eigenvalue weighted by Crippen LogP contribution is 2.29. The number of nitrogens with two attached hydrogens (primary N) is 1. The molecule has 2 N–H and O–H groups in total. The SMILES string of the molecule is CCOc1ccc2nc3ccccc3nc2c1N. The number of rotatable bonds is 2. The lowest BCUT2D eigenvalue weighted by Crippen LogP contribution is -1.99. The molecular formula is C14H13N3O. The van der Waals surface area contributed by atoms with E-state index in [4.69, 9.17) is 10.5 Å². The Hall–Kier alpha value is -2.36. The highest BCUT2D eigenvalue weighted by molar-refractivity contribution is 5.95. The molecule has 0 spiro atoms. The van der Waals surface area contributed by atoms with Gasteiger partial charge in [0.2, 0.25) is 0 Å². The fraction of sp³-hybridized carbons (Fsp3) is 0.143. The molecule has 0 radical (unpaired) electrons. The number of nitrogens with zero attached hydrogens (tertiary/aromatic N) is 2. The lowest BCUT2D eigenvalue weighted by Gasteiger charge is -2.09. The molecule has 0 fully saturated rings. The molecule has 0 aliphatic heterocycles. The van der Waals surface area contributed by atoms with Gasteiger partial charge in [0.15, 0.2) is 0 Å². The molecule has 0 aliphatic rings. The molecule has 90 valence electrons. The third kappa shape index (κ3) is 1.62. The maximum atomic E-state index is 6.07. The van der Waals surface area contributed by atoms with Gasteiger partial charge in [0, 0.05) is 0 Å². The average Bonchev–Trinajstić information content (AvgIpc) is 2.41. The maximum absolute atomic E-state index is 6.07. The number of ether oxygens (including phenoxy) is 1. The van der Waals surface area contributed by atoms with Crippen molar-refractivity contribution in [2.45, 2.75) is 6.92 Å². The van der Waals surface area contributed by atoms with Gasteiger partial charge in [-0.25, -0.2) is 9.97 Å². The van der Waals surface area contributed by atoms with E-state index in [9.17, 15) is 0 Å². The summed E-state index contributed by atoms with van der Waals surface area (Å²) in [7, 11) is 0. The van der Waals surface area contributed by atoms with Gasteiger partial charge in [-0.05, 0) is 31.2 Å². The lowest BCUT2D eigenvalue weighted by molar-refractivity contribution is 0.342. The number of benzene rings is 2. The molecular weight excluding hydrogens is 226 g/mol. The topological polar surface area (TPSA) is 61.0 Å². The third-order valence-electron chi connectivity index (χ3n) is 2.81. The smallest absolute Gasteiger partial charge is 0.144 e. The van der Waals surface area contributed by atoms with Crippen molar-refractivity contribution in [3.05, 3.63) is 36.4 Å². The van der Waals surface area contributed by atoms with Crippen LogP contribution in [0.4, 0.5) is 5.69 Å². The summed E-state index contributed by atoms with van der Waals surface area (Å²) in [6.45, 7) is 2.51. The molecule has 0 atom stereocenters. The van der Waals surface area contributed by atoms with Crippen molar-refractivity contribution in [1.82, 2.24) is 9.97 Å². The van der Waals surface area contributed by atoms with Crippen LogP contribution in [0.2, 0.25) is 0 Å². The van der Waals surface area contributed by atoms with E-state index in [1.54, 1.807) is 0 Å². The number of nitrogen functional groups attached to an aromatic ring is 1. The maximum Gasteiger partial charge on any atom is 0.144 e. The molecule has 0 aliphatic carbocycles. The molecule has 2 aromatic carbocycles. The molecule has 18 heavy (non-hydrogen) atoms. The number of hydrogen-bond acceptors (Lipinski definition) is 4. The molecule has 0 unspecified atom stereocenters. The van der Waals surface area contributed by atoms with Crippen molar-refractivity contribution in [3.63, 3.8) is 0 Å². The fourth-order valence-electron chi connectivity index (χ4n) is 1.97. The normalized spacial score (nSPS) is 10.9. The Morgan fingerprint density at radius 1 is 1.00 bits per heavy atom. The fourth-order valence-corrected chi connectivity index (χ4v) is 1.97. The van der Waals surface area contributed by atoms with Crippen LogP contribution in [-0.4, -0.2) is 16.6 Å². The molecule has 0 bridgehead atoms. The van der Waals surface area contributed by atoms with Crippen LogP contribution in [-0.2, 0) is 0 Å². The van der Waals surface area contributed by atoms with Crippen molar-refractivity contribution >= 4 is 27.8 Å². The Balaban J connectivity index is 2.33. The Labute approximate surface area is 104 Å². The number of anilines is 1. The van der Waals surface area contributed by atoms with Gasteiger partial charge in [-0.15, -0.1) is 0 Å². The largest absolute Gasteiger partial charge is 0.492 e. The second-order valence-electron chi connectivity index (χ2n) is 3.99. The van der Waals surface area contributed by atoms with Gasteiger partial charge in [-0.2, -0.15) is 0 Å². The van der Waals surface area contributed by atoms with Crippen molar-refractivity contribution < 1.29 is 4.74 Å². The summed E-state index contributed by atoms with van der Waals surface area (Å²) in [6, 6.07) is 11.5. The Morgan fingerprint density at radius 2 is 1.72 bits per heavy atom. The zero-order valence-corrected chi connectivity index (χ0v) is 10.1. The van der Waals surface area contributed by atoms with Crippen LogP contribution in [0, 0.1) is 0 Å². The van der Waals surface area contributed by atoms with Gasteiger partial charge in [0.05, 0.1) is 23.2 Å².